The quantitative estimate of drug-likeness (QED) is 0.147. The first-order chi connectivity index (χ1) is 15.8. The molecule has 172 valence electrons. The van der Waals surface area contributed by atoms with Gasteiger partial charge in [-0.3, -0.25) is 0 Å². The van der Waals surface area contributed by atoms with E-state index in [4.69, 9.17) is 0 Å². The summed E-state index contributed by atoms with van der Waals surface area (Å²) >= 11 is 0. The van der Waals surface area contributed by atoms with Crippen molar-refractivity contribution in [3.05, 3.63) is 60.7 Å². The van der Waals surface area contributed by atoms with Gasteiger partial charge in [0, 0.05) is 0 Å². The van der Waals surface area contributed by atoms with Crippen LogP contribution in [0, 0.1) is 0 Å². The lowest BCUT2D eigenvalue weighted by atomic mass is 9.95. The Morgan fingerprint density at radius 3 is 0.844 bits per heavy atom. The highest BCUT2D eigenvalue weighted by molar-refractivity contribution is 6.22. The molecule has 0 fully saturated rings. The van der Waals surface area contributed by atoms with Crippen LogP contribution in [-0.2, 0) is 0 Å². The van der Waals surface area contributed by atoms with Gasteiger partial charge >= 0.3 is 0 Å². The molecule has 0 heterocycles. The molecule has 0 N–H and O–H groups in total. The van der Waals surface area contributed by atoms with Gasteiger partial charge in [0.2, 0.25) is 0 Å². The van der Waals surface area contributed by atoms with Crippen LogP contribution in [0.15, 0.2) is 60.7 Å². The Morgan fingerprint density at radius 2 is 0.594 bits per heavy atom. The van der Waals surface area contributed by atoms with Gasteiger partial charge in [-0.05, 0) is 32.3 Å². The van der Waals surface area contributed by atoms with E-state index in [1.165, 1.54) is 122 Å². The normalized spacial score (nSPS) is 11.3. The maximum Gasteiger partial charge on any atom is -0.00268 e. The first kappa shape index (κ1) is 24.6. The molecular weight excluding hydrogens is 384 g/mol. The molecule has 0 aliphatic rings. The second kappa shape index (κ2) is 14.1. The molecule has 0 saturated carbocycles. The largest absolute Gasteiger partial charge is 0.0654 e. The minimum Gasteiger partial charge on any atom is -0.0654 e. The SMILES string of the molecule is CCCCCCCCCCCCCCCC.c1cc2ccc3cccc4ccc(c1)c2c34. The highest BCUT2D eigenvalue weighted by atomic mass is 14.1. The molecule has 0 aromatic heterocycles. The summed E-state index contributed by atoms with van der Waals surface area (Å²) in [5.41, 5.74) is 0. The molecule has 0 radical (unpaired) electrons. The van der Waals surface area contributed by atoms with Crippen LogP contribution in [0.2, 0.25) is 0 Å². The molecule has 0 heteroatoms. The Morgan fingerprint density at radius 1 is 0.344 bits per heavy atom. The first-order valence-electron chi connectivity index (χ1n) is 13.5. The summed E-state index contributed by atoms with van der Waals surface area (Å²) in [7, 11) is 0. The van der Waals surface area contributed by atoms with E-state index in [2.05, 4.69) is 74.5 Å². The third kappa shape index (κ3) is 7.22. The molecule has 0 aliphatic heterocycles. The van der Waals surface area contributed by atoms with Crippen molar-refractivity contribution in [1.29, 1.82) is 0 Å². The minimum atomic E-state index is 1.34. The molecule has 4 aromatic carbocycles. The summed E-state index contributed by atoms with van der Waals surface area (Å²) in [6, 6.07) is 21.9. The fraction of sp³-hybridized carbons (Fsp3) is 0.500. The molecule has 0 atom stereocenters. The van der Waals surface area contributed by atoms with Crippen LogP contribution in [0.1, 0.15) is 104 Å². The number of unbranched alkanes of at least 4 members (excludes halogenated alkanes) is 13. The van der Waals surface area contributed by atoms with Crippen molar-refractivity contribution in [1.82, 2.24) is 0 Å². The molecule has 4 rings (SSSR count). The third-order valence-corrected chi connectivity index (χ3v) is 6.85. The summed E-state index contributed by atoms with van der Waals surface area (Å²) < 4.78 is 0. The van der Waals surface area contributed by atoms with E-state index in [0.29, 0.717) is 0 Å². The van der Waals surface area contributed by atoms with Crippen LogP contribution in [-0.4, -0.2) is 0 Å². The second-order valence-corrected chi connectivity index (χ2v) is 9.53. The Bertz CT molecular complexity index is 868. The molecule has 4 aromatic rings. The van der Waals surface area contributed by atoms with Gasteiger partial charge in [-0.2, -0.15) is 0 Å². The molecule has 0 saturated heterocycles. The van der Waals surface area contributed by atoms with Crippen molar-refractivity contribution in [2.24, 2.45) is 0 Å². The molecular formula is C32H44. The monoisotopic (exact) mass is 428 g/mol. The highest BCUT2D eigenvalue weighted by Gasteiger charge is 2.06. The van der Waals surface area contributed by atoms with Crippen LogP contribution in [0.25, 0.3) is 32.3 Å². The third-order valence-electron chi connectivity index (χ3n) is 6.85. The molecule has 0 nitrogen and oxygen atoms in total. The van der Waals surface area contributed by atoms with Crippen molar-refractivity contribution in [3.8, 4) is 0 Å². The van der Waals surface area contributed by atoms with E-state index in [0.717, 1.165) is 0 Å². The van der Waals surface area contributed by atoms with Gasteiger partial charge in [0.15, 0.2) is 0 Å². The highest BCUT2D eigenvalue weighted by Crippen LogP contribution is 2.33. The van der Waals surface area contributed by atoms with Crippen LogP contribution >= 0.6 is 0 Å². The average Bonchev–Trinajstić information content (AvgIpc) is 2.84. The van der Waals surface area contributed by atoms with Crippen molar-refractivity contribution in [2.75, 3.05) is 0 Å². The van der Waals surface area contributed by atoms with Crippen molar-refractivity contribution < 1.29 is 0 Å². The fourth-order valence-corrected chi connectivity index (χ4v) is 4.94. The van der Waals surface area contributed by atoms with Gasteiger partial charge in [0.05, 0.1) is 0 Å². The molecule has 0 bridgehead atoms. The Balaban J connectivity index is 0.000000181. The van der Waals surface area contributed by atoms with Gasteiger partial charge in [0.25, 0.3) is 0 Å². The average molecular weight is 429 g/mol. The zero-order chi connectivity index (χ0) is 22.4. The van der Waals surface area contributed by atoms with Crippen LogP contribution in [0.4, 0.5) is 0 Å². The number of rotatable bonds is 13. The van der Waals surface area contributed by atoms with Crippen molar-refractivity contribution >= 4 is 32.3 Å². The van der Waals surface area contributed by atoms with E-state index in [1.54, 1.807) is 0 Å². The van der Waals surface area contributed by atoms with E-state index in [-0.39, 0.29) is 0 Å². The predicted molar refractivity (Wildman–Crippen MR) is 146 cm³/mol. The lowest BCUT2D eigenvalue weighted by molar-refractivity contribution is 0.538. The summed E-state index contributed by atoms with van der Waals surface area (Å²) in [6.07, 6.45) is 20.4. The van der Waals surface area contributed by atoms with E-state index >= 15 is 0 Å². The molecule has 0 amide bonds. The first-order valence-corrected chi connectivity index (χ1v) is 13.5. The molecule has 0 spiro atoms. The number of benzene rings is 4. The topological polar surface area (TPSA) is 0 Å². The number of hydrogen-bond donors (Lipinski definition) is 0. The summed E-state index contributed by atoms with van der Waals surface area (Å²) in [5, 5.41) is 8.14. The van der Waals surface area contributed by atoms with Crippen LogP contribution in [0.5, 0.6) is 0 Å². The smallest absolute Gasteiger partial charge is 0.00268 e. The van der Waals surface area contributed by atoms with Gasteiger partial charge in [-0.25, -0.2) is 0 Å². The predicted octanol–water partition coefficient (Wildman–Crippen LogP) is 11.1. The van der Waals surface area contributed by atoms with Gasteiger partial charge < -0.3 is 0 Å². The van der Waals surface area contributed by atoms with Crippen molar-refractivity contribution in [2.45, 2.75) is 104 Å². The van der Waals surface area contributed by atoms with Gasteiger partial charge in [0.1, 0.15) is 0 Å². The molecule has 0 aliphatic carbocycles. The van der Waals surface area contributed by atoms with E-state index in [9.17, 15) is 0 Å². The second-order valence-electron chi connectivity index (χ2n) is 9.53. The van der Waals surface area contributed by atoms with Gasteiger partial charge in [-0.1, -0.05) is 164 Å². The van der Waals surface area contributed by atoms with E-state index < -0.39 is 0 Å². The molecule has 0 unspecified atom stereocenters. The summed E-state index contributed by atoms with van der Waals surface area (Å²) in [4.78, 5) is 0. The standard InChI is InChI=1S/C16H10.C16H34/c1-3-11-7-9-13-5-2-6-14-10-8-12(4-1)15(11)16(13)14;1-3-5-7-9-11-13-15-16-14-12-10-8-6-4-2/h1-10H;3-16H2,1-2H3. The lowest BCUT2D eigenvalue weighted by Gasteiger charge is -2.09. The zero-order valence-electron chi connectivity index (χ0n) is 20.7. The summed E-state index contributed by atoms with van der Waals surface area (Å²) in [5.74, 6) is 0. The van der Waals surface area contributed by atoms with E-state index in [1.807, 2.05) is 0 Å². The van der Waals surface area contributed by atoms with Crippen LogP contribution < -0.4 is 0 Å². The minimum absolute atomic E-state index is 1.34. The summed E-state index contributed by atoms with van der Waals surface area (Å²) in [6.45, 7) is 4.58. The number of hydrogen-bond acceptors (Lipinski definition) is 0. The Labute approximate surface area is 196 Å². The zero-order valence-corrected chi connectivity index (χ0v) is 20.7. The van der Waals surface area contributed by atoms with Crippen LogP contribution in [0.3, 0.4) is 0 Å². The van der Waals surface area contributed by atoms with Crippen molar-refractivity contribution in [3.63, 3.8) is 0 Å². The maximum absolute atomic E-state index is 2.29. The fourth-order valence-electron chi connectivity index (χ4n) is 4.94. The Hall–Kier alpha value is -2.08. The van der Waals surface area contributed by atoms with Gasteiger partial charge in [-0.15, -0.1) is 0 Å². The Kier molecular flexibility index (Phi) is 10.9. The maximum atomic E-state index is 2.29. The lowest BCUT2D eigenvalue weighted by Crippen LogP contribution is -1.82. The molecule has 32 heavy (non-hydrogen) atoms.